The van der Waals surface area contributed by atoms with Crippen molar-refractivity contribution in [2.45, 2.75) is 44.4 Å². The van der Waals surface area contributed by atoms with Gasteiger partial charge in [0.05, 0.1) is 12.7 Å². The van der Waals surface area contributed by atoms with Crippen molar-refractivity contribution in [3.8, 4) is 0 Å². The lowest BCUT2D eigenvalue weighted by Gasteiger charge is -2.51. The van der Waals surface area contributed by atoms with Gasteiger partial charge in [-0.2, -0.15) is 0 Å². The lowest BCUT2D eigenvalue weighted by Crippen LogP contribution is -2.64. The number of rotatable bonds is 2. The summed E-state index contributed by atoms with van der Waals surface area (Å²) >= 11 is 0. The van der Waals surface area contributed by atoms with Crippen LogP contribution in [-0.4, -0.2) is 55.5 Å². The predicted octanol–water partition coefficient (Wildman–Crippen LogP) is 0.604. The second-order valence-corrected chi connectivity index (χ2v) is 5.19. The number of hydrogen-bond acceptors (Lipinski definition) is 4. The van der Waals surface area contributed by atoms with Crippen molar-refractivity contribution < 1.29 is 9.47 Å². The molecule has 0 radical (unpaired) electrons. The fraction of sp³-hybridized carbons (Fsp3) is 1.00. The molecule has 2 atom stereocenters. The Labute approximate surface area is 98.1 Å². The minimum atomic E-state index is 0.149. The zero-order chi connectivity index (χ0) is 11.6. The predicted molar refractivity (Wildman–Crippen MR) is 63.4 cm³/mol. The maximum atomic E-state index is 6.04. The van der Waals surface area contributed by atoms with Gasteiger partial charge in [0.1, 0.15) is 0 Å². The van der Waals surface area contributed by atoms with Crippen LogP contribution in [0.1, 0.15) is 26.7 Å². The van der Waals surface area contributed by atoms with Gasteiger partial charge in [-0.15, -0.1) is 0 Å². The summed E-state index contributed by atoms with van der Waals surface area (Å²) in [6, 6.07) is 0.470. The van der Waals surface area contributed by atoms with Crippen molar-refractivity contribution >= 4 is 0 Å². The molecule has 0 saturated carbocycles. The van der Waals surface area contributed by atoms with Crippen LogP contribution in [0, 0.1) is 0 Å². The number of morpholine rings is 1. The van der Waals surface area contributed by atoms with Gasteiger partial charge in [-0.1, -0.05) is 0 Å². The van der Waals surface area contributed by atoms with Crippen LogP contribution >= 0.6 is 0 Å². The van der Waals surface area contributed by atoms with E-state index in [0.29, 0.717) is 12.1 Å². The molecule has 4 heteroatoms. The van der Waals surface area contributed by atoms with Gasteiger partial charge in [0.15, 0.2) is 0 Å². The minimum absolute atomic E-state index is 0.149. The number of nitrogens with zero attached hydrogens (tertiary/aromatic N) is 1. The standard InChI is InChI=1S/C12H24N2O2/c1-10-8-16-11(2)7-14(10)12(9-13)3-5-15-6-4-12/h10-11H,3-9,13H2,1-2H3. The maximum Gasteiger partial charge on any atom is 0.0675 e. The topological polar surface area (TPSA) is 47.7 Å². The normalized spacial score (nSPS) is 36.2. The van der Waals surface area contributed by atoms with Gasteiger partial charge in [-0.05, 0) is 26.7 Å². The van der Waals surface area contributed by atoms with Gasteiger partial charge in [-0.3, -0.25) is 4.90 Å². The van der Waals surface area contributed by atoms with Crippen LogP contribution in [0.4, 0.5) is 0 Å². The van der Waals surface area contributed by atoms with Crippen LogP contribution in [0.2, 0.25) is 0 Å². The quantitative estimate of drug-likeness (QED) is 0.752. The molecule has 2 saturated heterocycles. The van der Waals surface area contributed by atoms with Gasteiger partial charge >= 0.3 is 0 Å². The number of ether oxygens (including phenoxy) is 2. The molecule has 0 aromatic heterocycles. The van der Waals surface area contributed by atoms with Crippen molar-refractivity contribution in [3.05, 3.63) is 0 Å². The fourth-order valence-electron chi connectivity index (χ4n) is 2.92. The smallest absolute Gasteiger partial charge is 0.0675 e. The largest absolute Gasteiger partial charge is 0.381 e. The second kappa shape index (κ2) is 5.00. The molecule has 0 aromatic carbocycles. The highest BCUT2D eigenvalue weighted by molar-refractivity contribution is 4.97. The molecule has 2 fully saturated rings. The van der Waals surface area contributed by atoms with Gasteiger partial charge in [0.25, 0.3) is 0 Å². The Morgan fingerprint density at radius 3 is 2.62 bits per heavy atom. The molecular weight excluding hydrogens is 204 g/mol. The molecular formula is C12H24N2O2. The van der Waals surface area contributed by atoms with E-state index in [9.17, 15) is 0 Å². The summed E-state index contributed by atoms with van der Waals surface area (Å²) in [6.45, 7) is 8.61. The molecule has 0 aliphatic carbocycles. The molecule has 2 rings (SSSR count). The zero-order valence-electron chi connectivity index (χ0n) is 10.4. The number of hydrogen-bond donors (Lipinski definition) is 1. The van der Waals surface area contributed by atoms with E-state index in [0.717, 1.165) is 45.8 Å². The summed E-state index contributed by atoms with van der Waals surface area (Å²) in [4.78, 5) is 2.56. The third kappa shape index (κ3) is 2.25. The molecule has 2 aliphatic heterocycles. The molecule has 2 heterocycles. The summed E-state index contributed by atoms with van der Waals surface area (Å²) in [6.07, 6.45) is 2.43. The van der Waals surface area contributed by atoms with Gasteiger partial charge < -0.3 is 15.2 Å². The summed E-state index contributed by atoms with van der Waals surface area (Å²) in [5, 5.41) is 0. The van der Waals surface area contributed by atoms with Crippen molar-refractivity contribution in [2.75, 3.05) is 32.9 Å². The van der Waals surface area contributed by atoms with E-state index in [2.05, 4.69) is 18.7 Å². The van der Waals surface area contributed by atoms with Crippen molar-refractivity contribution in [2.24, 2.45) is 5.73 Å². The lowest BCUT2D eigenvalue weighted by atomic mass is 9.86. The number of nitrogens with two attached hydrogens (primary N) is 1. The molecule has 0 spiro atoms. The molecule has 0 aromatic rings. The third-order valence-electron chi connectivity index (χ3n) is 4.02. The first-order chi connectivity index (χ1) is 7.68. The van der Waals surface area contributed by atoms with E-state index < -0.39 is 0 Å². The first kappa shape index (κ1) is 12.3. The van der Waals surface area contributed by atoms with Crippen LogP contribution < -0.4 is 5.73 Å². The molecule has 0 bridgehead atoms. The first-order valence-corrected chi connectivity index (χ1v) is 6.34. The van der Waals surface area contributed by atoms with E-state index in [1.165, 1.54) is 0 Å². The zero-order valence-corrected chi connectivity index (χ0v) is 10.4. The summed E-state index contributed by atoms with van der Waals surface area (Å²) in [5.41, 5.74) is 6.19. The van der Waals surface area contributed by atoms with E-state index >= 15 is 0 Å². The van der Waals surface area contributed by atoms with Crippen LogP contribution in [0.25, 0.3) is 0 Å². The van der Waals surface area contributed by atoms with E-state index in [1.807, 2.05) is 0 Å². The molecule has 2 aliphatic rings. The first-order valence-electron chi connectivity index (χ1n) is 6.34. The summed E-state index contributed by atoms with van der Waals surface area (Å²) < 4.78 is 11.2. The molecule has 2 N–H and O–H groups in total. The van der Waals surface area contributed by atoms with Crippen LogP contribution in [0.5, 0.6) is 0 Å². The van der Waals surface area contributed by atoms with Crippen LogP contribution in [0.15, 0.2) is 0 Å². The SMILES string of the molecule is CC1CN(C2(CN)CCOCC2)C(C)CO1. The molecule has 2 unspecified atom stereocenters. The second-order valence-electron chi connectivity index (χ2n) is 5.19. The van der Waals surface area contributed by atoms with Gasteiger partial charge in [0, 0.05) is 37.9 Å². The minimum Gasteiger partial charge on any atom is -0.381 e. The average molecular weight is 228 g/mol. The average Bonchev–Trinajstić information content (AvgIpc) is 2.33. The highest BCUT2D eigenvalue weighted by Gasteiger charge is 2.41. The van der Waals surface area contributed by atoms with Gasteiger partial charge in [0.2, 0.25) is 0 Å². The Bertz CT molecular complexity index is 229. The maximum absolute atomic E-state index is 6.04. The highest BCUT2D eigenvalue weighted by atomic mass is 16.5. The molecule has 4 nitrogen and oxygen atoms in total. The van der Waals surface area contributed by atoms with Gasteiger partial charge in [-0.25, -0.2) is 0 Å². The third-order valence-corrected chi connectivity index (χ3v) is 4.02. The van der Waals surface area contributed by atoms with Crippen LogP contribution in [-0.2, 0) is 9.47 Å². The Kier molecular flexibility index (Phi) is 3.85. The van der Waals surface area contributed by atoms with E-state index in [1.54, 1.807) is 0 Å². The fourth-order valence-corrected chi connectivity index (χ4v) is 2.92. The molecule has 16 heavy (non-hydrogen) atoms. The molecule has 94 valence electrons. The van der Waals surface area contributed by atoms with E-state index in [4.69, 9.17) is 15.2 Å². The van der Waals surface area contributed by atoms with Crippen molar-refractivity contribution in [3.63, 3.8) is 0 Å². The summed E-state index contributed by atoms with van der Waals surface area (Å²) in [7, 11) is 0. The molecule has 0 amide bonds. The highest BCUT2D eigenvalue weighted by Crippen LogP contribution is 2.31. The summed E-state index contributed by atoms with van der Waals surface area (Å²) in [5.74, 6) is 0. The lowest BCUT2D eigenvalue weighted by molar-refractivity contribution is -0.118. The Hall–Kier alpha value is -0.160. The monoisotopic (exact) mass is 228 g/mol. The Balaban J connectivity index is 2.11. The van der Waals surface area contributed by atoms with Crippen molar-refractivity contribution in [1.29, 1.82) is 0 Å². The Morgan fingerprint density at radius 2 is 2.00 bits per heavy atom. The Morgan fingerprint density at radius 1 is 1.31 bits per heavy atom. The van der Waals surface area contributed by atoms with Crippen LogP contribution in [0.3, 0.4) is 0 Å². The van der Waals surface area contributed by atoms with Crippen molar-refractivity contribution in [1.82, 2.24) is 4.90 Å². The van der Waals surface area contributed by atoms with E-state index in [-0.39, 0.29) is 5.54 Å².